The molecule has 0 saturated heterocycles. The fourth-order valence-corrected chi connectivity index (χ4v) is 2.72. The highest BCUT2D eigenvalue weighted by Crippen LogP contribution is 2.31. The van der Waals surface area contributed by atoms with Gasteiger partial charge in [0.25, 0.3) is 0 Å². The lowest BCUT2D eigenvalue weighted by atomic mass is 9.80. The molecule has 1 rings (SSSR count). The topological polar surface area (TPSA) is 47.6 Å². The summed E-state index contributed by atoms with van der Waals surface area (Å²) in [6.45, 7) is 10.1. The Morgan fingerprint density at radius 3 is 2.74 bits per heavy atom. The number of nitrogens with one attached hydrogen (secondary N) is 1. The van der Waals surface area contributed by atoms with Crippen LogP contribution in [0, 0.1) is 5.92 Å². The monoisotopic (exact) mass is 271 g/mol. The third-order valence-electron chi connectivity index (χ3n) is 3.55. The van der Waals surface area contributed by atoms with Gasteiger partial charge in [-0.2, -0.15) is 0 Å². The summed E-state index contributed by atoms with van der Waals surface area (Å²) in [7, 11) is 0. The van der Waals surface area contributed by atoms with Crippen LogP contribution in [0.3, 0.4) is 0 Å². The molecule has 1 saturated carbocycles. The van der Waals surface area contributed by atoms with Crippen molar-refractivity contribution in [3.8, 4) is 0 Å². The normalized spacial score (nSPS) is 27.5. The van der Waals surface area contributed by atoms with E-state index in [1.54, 1.807) is 0 Å². The quantitative estimate of drug-likeness (QED) is 0.723. The van der Waals surface area contributed by atoms with E-state index in [0.29, 0.717) is 12.5 Å². The fourth-order valence-electron chi connectivity index (χ4n) is 2.72. The van der Waals surface area contributed by atoms with Crippen molar-refractivity contribution in [3.63, 3.8) is 0 Å². The van der Waals surface area contributed by atoms with Crippen molar-refractivity contribution < 1.29 is 14.3 Å². The Kier molecular flexibility index (Phi) is 6.80. The summed E-state index contributed by atoms with van der Waals surface area (Å²) in [5, 5.41) is 3.35. The van der Waals surface area contributed by atoms with Crippen molar-refractivity contribution in [1.29, 1.82) is 0 Å². The number of esters is 1. The summed E-state index contributed by atoms with van der Waals surface area (Å²) < 4.78 is 11.2. The zero-order valence-electron chi connectivity index (χ0n) is 12.8. The molecule has 0 heterocycles. The van der Waals surface area contributed by atoms with E-state index >= 15 is 0 Å². The Hall–Kier alpha value is -0.610. The number of rotatable bonds is 7. The summed E-state index contributed by atoms with van der Waals surface area (Å²) in [5.41, 5.74) is -0.537. The van der Waals surface area contributed by atoms with E-state index in [2.05, 4.69) is 19.2 Å². The van der Waals surface area contributed by atoms with Gasteiger partial charge in [-0.1, -0.05) is 20.8 Å². The van der Waals surface area contributed by atoms with Crippen LogP contribution >= 0.6 is 0 Å². The minimum atomic E-state index is -0.537. The van der Waals surface area contributed by atoms with Crippen LogP contribution in [0.4, 0.5) is 0 Å². The predicted octanol–water partition coefficient (Wildman–Crippen LogP) is 2.51. The highest BCUT2D eigenvalue weighted by Gasteiger charge is 2.43. The van der Waals surface area contributed by atoms with Gasteiger partial charge in [0.15, 0.2) is 0 Å². The first-order valence-corrected chi connectivity index (χ1v) is 7.58. The fraction of sp³-hybridized carbons (Fsp3) is 0.933. The van der Waals surface area contributed by atoms with Gasteiger partial charge in [-0.3, -0.25) is 4.79 Å². The Morgan fingerprint density at radius 2 is 2.16 bits per heavy atom. The molecule has 4 nitrogen and oxygen atoms in total. The lowest BCUT2D eigenvalue weighted by Crippen LogP contribution is -2.57. The number of hydrogen-bond donors (Lipinski definition) is 1. The van der Waals surface area contributed by atoms with Crippen molar-refractivity contribution in [1.82, 2.24) is 5.32 Å². The standard InChI is InChI=1S/C15H29NO3/c1-5-16-15(14(17)18-6-2)9-7-8-13(10-15)19-11-12(3)4/h12-13,16H,5-11H2,1-4H3. The zero-order valence-corrected chi connectivity index (χ0v) is 12.8. The molecule has 0 spiro atoms. The lowest BCUT2D eigenvalue weighted by molar-refractivity contribution is -0.155. The minimum Gasteiger partial charge on any atom is -0.465 e. The van der Waals surface area contributed by atoms with Gasteiger partial charge >= 0.3 is 5.97 Å². The average molecular weight is 271 g/mol. The van der Waals surface area contributed by atoms with Crippen LogP contribution in [0.15, 0.2) is 0 Å². The second-order valence-electron chi connectivity index (χ2n) is 5.78. The number of hydrogen-bond acceptors (Lipinski definition) is 4. The smallest absolute Gasteiger partial charge is 0.326 e. The van der Waals surface area contributed by atoms with Crippen molar-refractivity contribution in [2.24, 2.45) is 5.92 Å². The molecule has 0 radical (unpaired) electrons. The largest absolute Gasteiger partial charge is 0.465 e. The van der Waals surface area contributed by atoms with Gasteiger partial charge in [0.1, 0.15) is 5.54 Å². The summed E-state index contributed by atoms with van der Waals surface area (Å²) in [5.74, 6) is 0.410. The van der Waals surface area contributed by atoms with Crippen LogP contribution in [0.5, 0.6) is 0 Å². The van der Waals surface area contributed by atoms with Crippen LogP contribution in [0.25, 0.3) is 0 Å². The van der Waals surface area contributed by atoms with Crippen molar-refractivity contribution >= 4 is 5.97 Å². The van der Waals surface area contributed by atoms with E-state index in [-0.39, 0.29) is 12.1 Å². The van der Waals surface area contributed by atoms with E-state index in [1.807, 2.05) is 13.8 Å². The minimum absolute atomic E-state index is 0.116. The second kappa shape index (κ2) is 7.85. The first-order valence-electron chi connectivity index (χ1n) is 7.58. The first-order chi connectivity index (χ1) is 9.04. The summed E-state index contributed by atoms with van der Waals surface area (Å²) in [6.07, 6.45) is 3.79. The van der Waals surface area contributed by atoms with Crippen molar-refractivity contribution in [2.45, 2.75) is 65.0 Å². The van der Waals surface area contributed by atoms with Gasteiger partial charge in [0, 0.05) is 13.0 Å². The van der Waals surface area contributed by atoms with E-state index < -0.39 is 5.54 Å². The second-order valence-corrected chi connectivity index (χ2v) is 5.78. The van der Waals surface area contributed by atoms with Crippen molar-refractivity contribution in [3.05, 3.63) is 0 Å². The Balaban J connectivity index is 2.66. The molecular formula is C15H29NO3. The molecule has 0 aromatic carbocycles. The van der Waals surface area contributed by atoms with E-state index in [0.717, 1.165) is 38.8 Å². The predicted molar refractivity (Wildman–Crippen MR) is 76.1 cm³/mol. The molecule has 112 valence electrons. The summed E-state index contributed by atoms with van der Waals surface area (Å²) in [4.78, 5) is 12.3. The molecule has 2 unspecified atom stereocenters. The molecule has 0 aromatic rings. The average Bonchev–Trinajstić information content (AvgIpc) is 2.37. The van der Waals surface area contributed by atoms with Crippen LogP contribution < -0.4 is 5.32 Å². The van der Waals surface area contributed by atoms with Gasteiger partial charge < -0.3 is 14.8 Å². The third kappa shape index (κ3) is 4.77. The molecule has 1 fully saturated rings. The number of carbonyl (C=O) groups is 1. The van der Waals surface area contributed by atoms with Crippen LogP contribution in [0.2, 0.25) is 0 Å². The Bertz CT molecular complexity index is 277. The van der Waals surface area contributed by atoms with Crippen LogP contribution in [-0.2, 0) is 14.3 Å². The molecule has 0 aromatic heterocycles. The van der Waals surface area contributed by atoms with E-state index in [1.165, 1.54) is 0 Å². The molecule has 1 N–H and O–H groups in total. The molecule has 0 aliphatic heterocycles. The van der Waals surface area contributed by atoms with Crippen LogP contribution in [0.1, 0.15) is 53.4 Å². The third-order valence-corrected chi connectivity index (χ3v) is 3.55. The highest BCUT2D eigenvalue weighted by molar-refractivity contribution is 5.81. The van der Waals surface area contributed by atoms with Crippen molar-refractivity contribution in [2.75, 3.05) is 19.8 Å². The number of ether oxygens (including phenoxy) is 2. The lowest BCUT2D eigenvalue weighted by Gasteiger charge is -2.39. The summed E-state index contributed by atoms with van der Waals surface area (Å²) in [6, 6.07) is 0. The Morgan fingerprint density at radius 1 is 1.42 bits per heavy atom. The zero-order chi connectivity index (χ0) is 14.3. The molecule has 1 aliphatic rings. The maximum Gasteiger partial charge on any atom is 0.326 e. The van der Waals surface area contributed by atoms with E-state index in [4.69, 9.17) is 9.47 Å². The molecule has 1 aliphatic carbocycles. The molecule has 0 amide bonds. The highest BCUT2D eigenvalue weighted by atomic mass is 16.5. The van der Waals surface area contributed by atoms with Gasteiger partial charge in [-0.05, 0) is 38.6 Å². The van der Waals surface area contributed by atoms with Gasteiger partial charge in [0.05, 0.1) is 12.7 Å². The van der Waals surface area contributed by atoms with Gasteiger partial charge in [-0.15, -0.1) is 0 Å². The van der Waals surface area contributed by atoms with E-state index in [9.17, 15) is 4.79 Å². The SMILES string of the molecule is CCNC1(C(=O)OCC)CCCC(OCC(C)C)C1. The maximum absolute atomic E-state index is 12.3. The Labute approximate surface area is 117 Å². The summed E-state index contributed by atoms with van der Waals surface area (Å²) >= 11 is 0. The number of carbonyl (C=O) groups excluding carboxylic acids is 1. The molecular weight excluding hydrogens is 242 g/mol. The molecule has 19 heavy (non-hydrogen) atoms. The first kappa shape index (κ1) is 16.4. The van der Waals surface area contributed by atoms with Gasteiger partial charge in [-0.25, -0.2) is 0 Å². The maximum atomic E-state index is 12.3. The molecule has 4 heteroatoms. The van der Waals surface area contributed by atoms with Crippen LogP contribution in [-0.4, -0.2) is 37.4 Å². The number of likely N-dealkylation sites (N-methyl/N-ethyl adjacent to an activating group) is 1. The molecule has 2 atom stereocenters. The van der Waals surface area contributed by atoms with Gasteiger partial charge in [0.2, 0.25) is 0 Å². The molecule has 0 bridgehead atoms.